The molecule has 0 fully saturated rings. The number of nitrogens with zero attached hydrogens (tertiary/aromatic N) is 2. The zero-order valence-electron chi connectivity index (χ0n) is 18.5. The van der Waals surface area contributed by atoms with Gasteiger partial charge in [0.25, 0.3) is 0 Å². The molecule has 3 N–H and O–H groups in total. The van der Waals surface area contributed by atoms with Crippen molar-refractivity contribution >= 4 is 32.6 Å². The predicted octanol–water partition coefficient (Wildman–Crippen LogP) is 3.89. The van der Waals surface area contributed by atoms with Crippen molar-refractivity contribution in [1.29, 1.82) is 0 Å². The summed E-state index contributed by atoms with van der Waals surface area (Å²) in [7, 11) is 1.36. The summed E-state index contributed by atoms with van der Waals surface area (Å²) in [5.41, 5.74) is 4.13. The number of aromatic nitrogens is 1. The topological polar surface area (TPSA) is 86.4 Å². The third-order valence-corrected chi connectivity index (χ3v) is 6.87. The number of aryl methyl sites for hydroxylation is 1. The van der Waals surface area contributed by atoms with E-state index < -0.39 is 9.84 Å². The minimum Gasteiger partial charge on any atom is -0.388 e. The second-order valence-electron chi connectivity index (χ2n) is 6.95. The molecule has 2 rings (SSSR count). The number of rotatable bonds is 9. The molecule has 0 spiro atoms. The molecule has 0 unspecified atom stereocenters. The van der Waals surface area contributed by atoms with Gasteiger partial charge in [-0.2, -0.15) is 0 Å². The fourth-order valence-corrected chi connectivity index (χ4v) is 5.40. The van der Waals surface area contributed by atoms with E-state index in [4.69, 9.17) is 0 Å². The van der Waals surface area contributed by atoms with Crippen LogP contribution in [0, 0.1) is 13.8 Å². The smallest absolute Gasteiger partial charge is 0.228 e. The highest BCUT2D eigenvalue weighted by atomic mass is 32.2. The molecule has 0 radical (unpaired) electrons. The molecule has 29 heavy (non-hydrogen) atoms. The Balaban J connectivity index is 2.80. The van der Waals surface area contributed by atoms with Crippen molar-refractivity contribution < 1.29 is 8.42 Å². The zero-order chi connectivity index (χ0) is 21.8. The van der Waals surface area contributed by atoms with Gasteiger partial charge in [-0.05, 0) is 45.4 Å². The van der Waals surface area contributed by atoms with Gasteiger partial charge in [-0.3, -0.25) is 0 Å². The predicted molar refractivity (Wildman–Crippen MR) is 122 cm³/mol. The summed E-state index contributed by atoms with van der Waals surface area (Å²) in [6.07, 6.45) is 0.982. The molecule has 1 heterocycles. The van der Waals surface area contributed by atoms with E-state index >= 15 is 0 Å². The van der Waals surface area contributed by atoms with Gasteiger partial charge in [0, 0.05) is 56.9 Å². The van der Waals surface area contributed by atoms with Gasteiger partial charge in [0.1, 0.15) is 4.90 Å². The van der Waals surface area contributed by atoms with E-state index in [1.54, 1.807) is 33.3 Å². The van der Waals surface area contributed by atoms with Crippen molar-refractivity contribution in [1.82, 2.24) is 4.98 Å². The quantitative estimate of drug-likeness (QED) is 0.568. The third-order valence-electron chi connectivity index (χ3n) is 4.98. The van der Waals surface area contributed by atoms with Crippen LogP contribution in [0.3, 0.4) is 0 Å². The van der Waals surface area contributed by atoms with Gasteiger partial charge in [0.2, 0.25) is 9.84 Å². The number of nitrogens with one attached hydrogen (secondary N) is 3. The number of hydrogen-bond acceptors (Lipinski definition) is 7. The van der Waals surface area contributed by atoms with E-state index in [0.29, 0.717) is 22.6 Å². The highest BCUT2D eigenvalue weighted by Crippen LogP contribution is 2.38. The SMILES string of the molecule is CCCN(CC)c1cc(C)nc(S(=O)(=O)c2c(NC)cc(NC)cc2NC)c1C. The summed E-state index contributed by atoms with van der Waals surface area (Å²) >= 11 is 0. The minimum atomic E-state index is -3.87. The fourth-order valence-electron chi connectivity index (χ4n) is 3.53. The Morgan fingerprint density at radius 1 is 0.966 bits per heavy atom. The second-order valence-corrected chi connectivity index (χ2v) is 8.75. The summed E-state index contributed by atoms with van der Waals surface area (Å²) < 4.78 is 27.6. The molecular weight excluding hydrogens is 386 g/mol. The van der Waals surface area contributed by atoms with Crippen molar-refractivity contribution in [3.63, 3.8) is 0 Å². The maximum absolute atomic E-state index is 13.8. The Morgan fingerprint density at radius 3 is 2.00 bits per heavy atom. The summed E-state index contributed by atoms with van der Waals surface area (Å²) in [6.45, 7) is 9.54. The monoisotopic (exact) mass is 419 g/mol. The van der Waals surface area contributed by atoms with Crippen molar-refractivity contribution in [2.75, 3.05) is 55.1 Å². The number of sulfone groups is 1. The van der Waals surface area contributed by atoms with Gasteiger partial charge in [-0.25, -0.2) is 13.4 Å². The molecule has 0 atom stereocenters. The lowest BCUT2D eigenvalue weighted by Crippen LogP contribution is -2.25. The van der Waals surface area contributed by atoms with Crippen molar-refractivity contribution in [3.05, 3.63) is 29.5 Å². The highest BCUT2D eigenvalue weighted by molar-refractivity contribution is 7.91. The Kier molecular flexibility index (Phi) is 7.35. The van der Waals surface area contributed by atoms with Gasteiger partial charge < -0.3 is 20.9 Å². The van der Waals surface area contributed by atoms with Crippen LogP contribution >= 0.6 is 0 Å². The average molecular weight is 420 g/mol. The second kappa shape index (κ2) is 9.35. The lowest BCUT2D eigenvalue weighted by molar-refractivity contribution is 0.591. The average Bonchev–Trinajstić information content (AvgIpc) is 2.72. The molecule has 2 aromatic rings. The van der Waals surface area contributed by atoms with Gasteiger partial charge in [-0.1, -0.05) is 6.92 Å². The molecule has 0 bridgehead atoms. The normalized spacial score (nSPS) is 11.3. The van der Waals surface area contributed by atoms with E-state index in [1.165, 1.54) is 0 Å². The maximum atomic E-state index is 13.8. The van der Waals surface area contributed by atoms with Crippen LogP contribution in [0.25, 0.3) is 0 Å². The molecule has 7 nitrogen and oxygen atoms in total. The van der Waals surface area contributed by atoms with E-state index in [9.17, 15) is 8.42 Å². The van der Waals surface area contributed by atoms with Crippen LogP contribution in [0.15, 0.2) is 28.1 Å². The molecule has 0 amide bonds. The van der Waals surface area contributed by atoms with Crippen molar-refractivity contribution in [2.24, 2.45) is 0 Å². The van der Waals surface area contributed by atoms with Gasteiger partial charge in [0.15, 0.2) is 5.03 Å². The standard InChI is InChI=1S/C21H33N5O2S/c1-8-10-26(9-2)19-11-14(3)25-21(15(19)4)29(27,28)20-17(23-6)12-16(22-5)13-18(20)24-7/h11-13,22-24H,8-10H2,1-7H3. The molecular formula is C21H33N5O2S. The summed E-state index contributed by atoms with van der Waals surface area (Å²) in [5.74, 6) is 0. The van der Waals surface area contributed by atoms with Crippen LogP contribution in [-0.4, -0.2) is 47.6 Å². The van der Waals surface area contributed by atoms with Gasteiger partial charge >= 0.3 is 0 Å². The fraction of sp³-hybridized carbons (Fsp3) is 0.476. The Hall–Kier alpha value is -2.48. The Morgan fingerprint density at radius 2 is 1.55 bits per heavy atom. The van der Waals surface area contributed by atoms with E-state index in [-0.39, 0.29) is 9.92 Å². The third kappa shape index (κ3) is 4.42. The van der Waals surface area contributed by atoms with Crippen LogP contribution in [-0.2, 0) is 9.84 Å². The first-order valence-electron chi connectivity index (χ1n) is 9.94. The molecule has 8 heteroatoms. The van der Waals surface area contributed by atoms with Crippen molar-refractivity contribution in [3.8, 4) is 0 Å². The lowest BCUT2D eigenvalue weighted by atomic mass is 10.2. The number of anilines is 4. The van der Waals surface area contributed by atoms with Gasteiger partial charge in [0.05, 0.1) is 11.4 Å². The molecule has 1 aromatic carbocycles. The Bertz CT molecular complexity index is 948. The molecule has 0 saturated heterocycles. The largest absolute Gasteiger partial charge is 0.388 e. The first-order chi connectivity index (χ1) is 13.7. The van der Waals surface area contributed by atoms with Crippen LogP contribution in [0.5, 0.6) is 0 Å². The number of pyridine rings is 1. The maximum Gasteiger partial charge on any atom is 0.228 e. The molecule has 160 valence electrons. The Labute approximate surface area is 174 Å². The molecule has 0 aliphatic carbocycles. The first kappa shape index (κ1) is 22.8. The van der Waals surface area contributed by atoms with E-state index in [1.807, 2.05) is 19.9 Å². The number of benzene rings is 1. The molecule has 1 aromatic heterocycles. The zero-order valence-corrected chi connectivity index (χ0v) is 19.3. The minimum absolute atomic E-state index is 0.104. The number of hydrogen-bond donors (Lipinski definition) is 3. The van der Waals surface area contributed by atoms with Crippen LogP contribution in [0.4, 0.5) is 22.7 Å². The summed E-state index contributed by atoms with van der Waals surface area (Å²) in [5, 5.41) is 9.22. The first-order valence-corrected chi connectivity index (χ1v) is 11.4. The van der Waals surface area contributed by atoms with Crippen molar-refractivity contribution in [2.45, 2.75) is 44.0 Å². The van der Waals surface area contributed by atoms with E-state index in [0.717, 1.165) is 30.9 Å². The van der Waals surface area contributed by atoms with E-state index in [2.05, 4.69) is 39.7 Å². The molecule has 0 aliphatic heterocycles. The van der Waals surface area contributed by atoms with Crippen LogP contribution in [0.2, 0.25) is 0 Å². The highest BCUT2D eigenvalue weighted by Gasteiger charge is 2.30. The van der Waals surface area contributed by atoms with Gasteiger partial charge in [-0.15, -0.1) is 0 Å². The lowest BCUT2D eigenvalue weighted by Gasteiger charge is -2.26. The summed E-state index contributed by atoms with van der Waals surface area (Å²) in [4.78, 5) is 6.87. The molecule has 0 saturated carbocycles. The molecule has 0 aliphatic rings. The summed E-state index contributed by atoms with van der Waals surface area (Å²) in [6, 6.07) is 5.54. The van der Waals surface area contributed by atoms with Crippen LogP contribution in [0.1, 0.15) is 31.5 Å². The van der Waals surface area contributed by atoms with Crippen LogP contribution < -0.4 is 20.9 Å².